The summed E-state index contributed by atoms with van der Waals surface area (Å²) in [5, 5.41) is 0. The van der Waals surface area contributed by atoms with Gasteiger partial charge in [-0.05, 0) is 36.8 Å². The van der Waals surface area contributed by atoms with E-state index in [1.807, 2.05) is 6.07 Å². The van der Waals surface area contributed by atoms with E-state index in [1.54, 1.807) is 24.3 Å². The number of benzene rings is 1. The van der Waals surface area contributed by atoms with Crippen LogP contribution in [0, 0.1) is 5.41 Å². The Bertz CT molecular complexity index is 549. The first-order valence-corrected chi connectivity index (χ1v) is 9.38. The smallest absolute Gasteiger partial charge is 0.178 e. The minimum absolute atomic E-state index is 0.0968. The van der Waals surface area contributed by atoms with E-state index in [9.17, 15) is 8.42 Å². The second-order valence-corrected chi connectivity index (χ2v) is 8.76. The molecular formula is C18H28O2S. The van der Waals surface area contributed by atoms with E-state index < -0.39 is 9.84 Å². The van der Waals surface area contributed by atoms with Gasteiger partial charge >= 0.3 is 0 Å². The summed E-state index contributed by atoms with van der Waals surface area (Å²) in [6.45, 7) is 8.63. The number of sulfone groups is 1. The zero-order chi connectivity index (χ0) is 15.9. The van der Waals surface area contributed by atoms with Crippen molar-refractivity contribution in [3.63, 3.8) is 0 Å². The summed E-state index contributed by atoms with van der Waals surface area (Å²) in [7, 11) is -3.18. The predicted octanol–water partition coefficient (Wildman–Crippen LogP) is 5.01. The van der Waals surface area contributed by atoms with Crippen molar-refractivity contribution >= 4 is 9.84 Å². The molecule has 1 aromatic rings. The molecule has 3 heteroatoms. The van der Waals surface area contributed by atoms with Gasteiger partial charge in [0.1, 0.15) is 0 Å². The standard InChI is InChI=1S/C18H28O2S/c1-5-6-10-16(15-18(2,3)4)13-14-21(19,20)17-11-8-7-9-12-17/h7-9,11-12,15H,5-6,10,13-14H2,1-4H3/b16-15+. The summed E-state index contributed by atoms with van der Waals surface area (Å²) in [5.74, 6) is 0.197. The normalized spacial score (nSPS) is 13.4. The molecule has 0 spiro atoms. The van der Waals surface area contributed by atoms with Crippen LogP contribution in [-0.2, 0) is 9.84 Å². The maximum atomic E-state index is 12.3. The highest BCUT2D eigenvalue weighted by Crippen LogP contribution is 2.24. The van der Waals surface area contributed by atoms with Gasteiger partial charge < -0.3 is 0 Å². The van der Waals surface area contributed by atoms with Crippen molar-refractivity contribution in [2.24, 2.45) is 5.41 Å². The van der Waals surface area contributed by atoms with Crippen LogP contribution < -0.4 is 0 Å². The number of hydrogen-bond acceptors (Lipinski definition) is 2. The Morgan fingerprint density at radius 2 is 1.71 bits per heavy atom. The number of unbranched alkanes of at least 4 members (excludes halogenated alkanes) is 1. The molecule has 0 saturated heterocycles. The first-order chi connectivity index (χ1) is 9.74. The zero-order valence-electron chi connectivity index (χ0n) is 13.7. The minimum atomic E-state index is -3.18. The molecule has 2 nitrogen and oxygen atoms in total. The summed E-state index contributed by atoms with van der Waals surface area (Å²) < 4.78 is 24.7. The zero-order valence-corrected chi connectivity index (χ0v) is 14.5. The Kier molecular flexibility index (Phi) is 6.66. The largest absolute Gasteiger partial charge is 0.224 e. The van der Waals surface area contributed by atoms with Gasteiger partial charge in [0.15, 0.2) is 9.84 Å². The molecule has 0 aliphatic carbocycles. The van der Waals surface area contributed by atoms with Crippen molar-refractivity contribution in [3.05, 3.63) is 42.0 Å². The van der Waals surface area contributed by atoms with E-state index in [0.717, 1.165) is 19.3 Å². The van der Waals surface area contributed by atoms with Crippen LogP contribution >= 0.6 is 0 Å². The Balaban J connectivity index is 2.79. The molecule has 0 aliphatic heterocycles. The van der Waals surface area contributed by atoms with Gasteiger partial charge in [-0.25, -0.2) is 8.42 Å². The van der Waals surface area contributed by atoms with Gasteiger partial charge in [0.05, 0.1) is 10.6 Å². The second kappa shape index (κ2) is 7.79. The molecular weight excluding hydrogens is 280 g/mol. The summed E-state index contributed by atoms with van der Waals surface area (Å²) in [6.07, 6.45) is 6.12. The maximum absolute atomic E-state index is 12.3. The van der Waals surface area contributed by atoms with Crippen LogP contribution in [0.2, 0.25) is 0 Å². The number of rotatable bonds is 7. The molecule has 0 N–H and O–H groups in total. The van der Waals surface area contributed by atoms with Gasteiger partial charge in [-0.2, -0.15) is 0 Å². The van der Waals surface area contributed by atoms with Crippen LogP contribution in [0.3, 0.4) is 0 Å². The molecule has 1 aromatic carbocycles. The molecule has 21 heavy (non-hydrogen) atoms. The van der Waals surface area contributed by atoms with Crippen molar-refractivity contribution in [2.75, 3.05) is 5.75 Å². The Labute approximate surface area is 130 Å². The third-order valence-corrected chi connectivity index (χ3v) is 5.01. The van der Waals surface area contributed by atoms with Crippen molar-refractivity contribution in [1.29, 1.82) is 0 Å². The Hall–Kier alpha value is -1.09. The minimum Gasteiger partial charge on any atom is -0.224 e. The van der Waals surface area contributed by atoms with Gasteiger partial charge in [-0.1, -0.05) is 64.0 Å². The van der Waals surface area contributed by atoms with Crippen LogP contribution in [0.1, 0.15) is 53.4 Å². The van der Waals surface area contributed by atoms with Crippen molar-refractivity contribution in [3.8, 4) is 0 Å². The molecule has 0 heterocycles. The first-order valence-electron chi connectivity index (χ1n) is 7.73. The lowest BCUT2D eigenvalue weighted by Gasteiger charge is -2.17. The van der Waals surface area contributed by atoms with E-state index in [0.29, 0.717) is 11.3 Å². The molecule has 0 amide bonds. The molecule has 0 saturated carbocycles. The second-order valence-electron chi connectivity index (χ2n) is 6.65. The summed E-state index contributed by atoms with van der Waals surface area (Å²) in [6, 6.07) is 8.74. The molecule has 0 aliphatic rings. The van der Waals surface area contributed by atoms with Gasteiger partial charge in [0.2, 0.25) is 0 Å². The molecule has 1 rings (SSSR count). The monoisotopic (exact) mass is 308 g/mol. The summed E-state index contributed by atoms with van der Waals surface area (Å²) in [5.41, 5.74) is 1.36. The van der Waals surface area contributed by atoms with Crippen molar-refractivity contribution < 1.29 is 8.42 Å². The number of hydrogen-bond donors (Lipinski definition) is 0. The highest BCUT2D eigenvalue weighted by molar-refractivity contribution is 7.91. The first kappa shape index (κ1) is 18.0. The summed E-state index contributed by atoms with van der Waals surface area (Å²) >= 11 is 0. The molecule has 0 unspecified atom stereocenters. The van der Waals surface area contributed by atoms with E-state index in [-0.39, 0.29) is 11.2 Å². The Morgan fingerprint density at radius 1 is 1.10 bits per heavy atom. The fraction of sp³-hybridized carbons (Fsp3) is 0.556. The van der Waals surface area contributed by atoms with Crippen molar-refractivity contribution in [1.82, 2.24) is 0 Å². The summed E-state index contributed by atoms with van der Waals surface area (Å²) in [4.78, 5) is 0.426. The van der Waals surface area contributed by atoms with Crippen LogP contribution in [0.25, 0.3) is 0 Å². The van der Waals surface area contributed by atoms with Crippen LogP contribution in [0.4, 0.5) is 0 Å². The molecule has 0 fully saturated rings. The lowest BCUT2D eigenvalue weighted by Crippen LogP contribution is -2.09. The van der Waals surface area contributed by atoms with E-state index in [1.165, 1.54) is 5.57 Å². The maximum Gasteiger partial charge on any atom is 0.178 e. The van der Waals surface area contributed by atoms with Gasteiger partial charge in [-0.3, -0.25) is 0 Å². The fourth-order valence-electron chi connectivity index (χ4n) is 2.30. The Morgan fingerprint density at radius 3 is 2.24 bits per heavy atom. The van der Waals surface area contributed by atoms with Crippen molar-refractivity contribution in [2.45, 2.75) is 58.3 Å². The number of allylic oxidation sites excluding steroid dienone is 2. The van der Waals surface area contributed by atoms with Gasteiger partial charge in [-0.15, -0.1) is 0 Å². The van der Waals surface area contributed by atoms with E-state index >= 15 is 0 Å². The fourth-order valence-corrected chi connectivity index (χ4v) is 3.64. The average molecular weight is 308 g/mol. The third kappa shape index (κ3) is 6.94. The molecule has 118 valence electrons. The van der Waals surface area contributed by atoms with Crippen LogP contribution in [-0.4, -0.2) is 14.2 Å². The highest BCUT2D eigenvalue weighted by Gasteiger charge is 2.16. The molecule has 0 atom stereocenters. The van der Waals surface area contributed by atoms with Crippen LogP contribution in [0.5, 0.6) is 0 Å². The molecule has 0 aromatic heterocycles. The predicted molar refractivity (Wildman–Crippen MR) is 90.2 cm³/mol. The van der Waals surface area contributed by atoms with Gasteiger partial charge in [0, 0.05) is 0 Å². The lowest BCUT2D eigenvalue weighted by atomic mass is 9.91. The molecule has 0 bridgehead atoms. The van der Waals surface area contributed by atoms with E-state index in [4.69, 9.17) is 0 Å². The topological polar surface area (TPSA) is 34.1 Å². The van der Waals surface area contributed by atoms with E-state index in [2.05, 4.69) is 33.8 Å². The average Bonchev–Trinajstić information content (AvgIpc) is 2.41. The van der Waals surface area contributed by atoms with Crippen LogP contribution in [0.15, 0.2) is 46.9 Å². The quantitative estimate of drug-likeness (QED) is 0.663. The SMILES string of the molecule is CCCC/C(=C\C(C)(C)C)CCS(=O)(=O)c1ccccc1. The highest BCUT2D eigenvalue weighted by atomic mass is 32.2. The molecule has 0 radical (unpaired) electrons. The third-order valence-electron chi connectivity index (χ3n) is 3.28. The lowest BCUT2D eigenvalue weighted by molar-refractivity contribution is 0.533. The van der Waals surface area contributed by atoms with Gasteiger partial charge in [0.25, 0.3) is 0 Å².